The highest BCUT2D eigenvalue weighted by Gasteiger charge is 2.14. The van der Waals surface area contributed by atoms with Crippen LogP contribution in [0.4, 0.5) is 10.1 Å². The van der Waals surface area contributed by atoms with Gasteiger partial charge < -0.3 is 9.64 Å². The Labute approximate surface area is 124 Å². The maximum Gasteiger partial charge on any atom is 0.231 e. The molecule has 2 rings (SSSR count). The number of halogens is 1. The normalized spacial score (nSPS) is 10.2. The zero-order valence-electron chi connectivity index (χ0n) is 12.2. The molecule has 0 aliphatic rings. The summed E-state index contributed by atoms with van der Waals surface area (Å²) in [7, 11) is 1.60. The fraction of sp³-hybridized carbons (Fsp3) is 0.235. The van der Waals surface area contributed by atoms with Crippen molar-refractivity contribution in [2.24, 2.45) is 0 Å². The first-order valence-electron chi connectivity index (χ1n) is 6.83. The molecule has 2 aromatic rings. The molecule has 0 aromatic heterocycles. The second kappa shape index (κ2) is 6.88. The summed E-state index contributed by atoms with van der Waals surface area (Å²) < 4.78 is 18.1. The van der Waals surface area contributed by atoms with Gasteiger partial charge in [-0.2, -0.15) is 0 Å². The number of hydrogen-bond acceptors (Lipinski definition) is 2. The minimum atomic E-state index is -0.310. The van der Waals surface area contributed by atoms with E-state index in [1.165, 1.54) is 12.1 Å². The number of nitrogens with zero attached hydrogens (tertiary/aromatic N) is 1. The van der Waals surface area contributed by atoms with Gasteiger partial charge in [0.15, 0.2) is 0 Å². The lowest BCUT2D eigenvalue weighted by molar-refractivity contribution is -0.117. The predicted octanol–water partition coefficient (Wildman–Crippen LogP) is 3.43. The average Bonchev–Trinajstić information content (AvgIpc) is 2.50. The fourth-order valence-corrected chi connectivity index (χ4v) is 2.18. The van der Waals surface area contributed by atoms with Gasteiger partial charge in [0.05, 0.1) is 13.5 Å². The summed E-state index contributed by atoms with van der Waals surface area (Å²) in [6.45, 7) is 2.43. The zero-order valence-corrected chi connectivity index (χ0v) is 12.2. The molecule has 0 radical (unpaired) electrons. The van der Waals surface area contributed by atoms with Crippen LogP contribution in [0.25, 0.3) is 0 Å². The zero-order chi connectivity index (χ0) is 15.2. The van der Waals surface area contributed by atoms with Crippen LogP contribution in [0, 0.1) is 5.82 Å². The molecule has 4 heteroatoms. The van der Waals surface area contributed by atoms with Gasteiger partial charge in [0, 0.05) is 12.2 Å². The van der Waals surface area contributed by atoms with Crippen molar-refractivity contribution in [3.63, 3.8) is 0 Å². The van der Waals surface area contributed by atoms with Gasteiger partial charge in [-0.1, -0.05) is 12.1 Å². The first-order chi connectivity index (χ1) is 10.1. The minimum Gasteiger partial charge on any atom is -0.497 e. The molecule has 0 aliphatic heterocycles. The Hall–Kier alpha value is -2.36. The molecule has 0 N–H and O–H groups in total. The molecule has 0 saturated heterocycles. The van der Waals surface area contributed by atoms with Crippen molar-refractivity contribution in [1.82, 2.24) is 0 Å². The summed E-state index contributed by atoms with van der Waals surface area (Å²) in [4.78, 5) is 14.1. The van der Waals surface area contributed by atoms with Gasteiger partial charge in [-0.25, -0.2) is 4.39 Å². The average molecular weight is 287 g/mol. The summed E-state index contributed by atoms with van der Waals surface area (Å²) in [5.41, 5.74) is 1.59. The number of methoxy groups -OCH3 is 1. The summed E-state index contributed by atoms with van der Waals surface area (Å²) in [6.07, 6.45) is 0.280. The molecule has 0 atom stereocenters. The second-order valence-corrected chi connectivity index (χ2v) is 4.64. The van der Waals surface area contributed by atoms with Crippen molar-refractivity contribution in [3.05, 3.63) is 59.9 Å². The van der Waals surface area contributed by atoms with Crippen molar-refractivity contribution in [3.8, 4) is 5.75 Å². The second-order valence-electron chi connectivity index (χ2n) is 4.64. The summed E-state index contributed by atoms with van der Waals surface area (Å²) in [6, 6.07) is 13.4. The number of amides is 1. The Bertz CT molecular complexity index is 610. The molecule has 0 heterocycles. The molecule has 0 fully saturated rings. The Balaban J connectivity index is 2.14. The quantitative estimate of drug-likeness (QED) is 0.843. The van der Waals surface area contributed by atoms with Crippen LogP contribution in [0.3, 0.4) is 0 Å². The first kappa shape index (κ1) is 15.0. The SMILES string of the molecule is CCN(C(=O)Cc1cccc(OC)c1)c1ccc(F)cc1. The first-order valence-corrected chi connectivity index (χ1v) is 6.83. The third-order valence-corrected chi connectivity index (χ3v) is 3.25. The lowest BCUT2D eigenvalue weighted by Gasteiger charge is -2.21. The van der Waals surface area contributed by atoms with Gasteiger partial charge in [0.2, 0.25) is 5.91 Å². The predicted molar refractivity (Wildman–Crippen MR) is 81.1 cm³/mol. The molecule has 1 amide bonds. The Morgan fingerprint density at radius 1 is 1.19 bits per heavy atom. The summed E-state index contributed by atoms with van der Waals surface area (Å²) in [5, 5.41) is 0. The van der Waals surface area contributed by atoms with E-state index in [-0.39, 0.29) is 18.1 Å². The Morgan fingerprint density at radius 3 is 2.52 bits per heavy atom. The highest BCUT2D eigenvalue weighted by Crippen LogP contribution is 2.18. The number of ether oxygens (including phenoxy) is 1. The van der Waals surface area contributed by atoms with Crippen molar-refractivity contribution in [2.75, 3.05) is 18.6 Å². The van der Waals surface area contributed by atoms with Crippen LogP contribution in [-0.2, 0) is 11.2 Å². The molecule has 3 nitrogen and oxygen atoms in total. The van der Waals surface area contributed by atoms with E-state index in [1.54, 1.807) is 24.1 Å². The van der Waals surface area contributed by atoms with Gasteiger partial charge in [0.1, 0.15) is 11.6 Å². The number of carbonyl (C=O) groups excluding carboxylic acids is 1. The molecule has 2 aromatic carbocycles. The molecule has 0 unspecified atom stereocenters. The highest BCUT2D eigenvalue weighted by atomic mass is 19.1. The van der Waals surface area contributed by atoms with Crippen molar-refractivity contribution < 1.29 is 13.9 Å². The van der Waals surface area contributed by atoms with E-state index in [0.717, 1.165) is 11.3 Å². The lowest BCUT2D eigenvalue weighted by Crippen LogP contribution is -2.31. The number of anilines is 1. The van der Waals surface area contributed by atoms with Crippen LogP contribution in [-0.4, -0.2) is 19.6 Å². The van der Waals surface area contributed by atoms with E-state index in [0.29, 0.717) is 12.2 Å². The fourth-order valence-electron chi connectivity index (χ4n) is 2.18. The van der Waals surface area contributed by atoms with Gasteiger partial charge in [-0.3, -0.25) is 4.79 Å². The van der Waals surface area contributed by atoms with Crippen molar-refractivity contribution in [1.29, 1.82) is 0 Å². The number of carbonyl (C=O) groups is 1. The largest absolute Gasteiger partial charge is 0.497 e. The van der Waals surface area contributed by atoms with Crippen LogP contribution >= 0.6 is 0 Å². The molecular formula is C17H18FNO2. The molecule has 0 bridgehead atoms. The minimum absolute atomic E-state index is 0.0302. The third-order valence-electron chi connectivity index (χ3n) is 3.25. The molecule has 0 saturated carbocycles. The number of hydrogen-bond donors (Lipinski definition) is 0. The number of rotatable bonds is 5. The smallest absolute Gasteiger partial charge is 0.231 e. The number of likely N-dealkylation sites (N-methyl/N-ethyl adjacent to an activating group) is 1. The topological polar surface area (TPSA) is 29.5 Å². The summed E-state index contributed by atoms with van der Waals surface area (Å²) in [5.74, 6) is 0.387. The molecular weight excluding hydrogens is 269 g/mol. The van der Waals surface area contributed by atoms with Gasteiger partial charge >= 0.3 is 0 Å². The standard InChI is InChI=1S/C17H18FNO2/c1-3-19(15-9-7-14(18)8-10-15)17(20)12-13-5-4-6-16(11-13)21-2/h4-11H,3,12H2,1-2H3. The molecule has 110 valence electrons. The van der Waals surface area contributed by atoms with E-state index < -0.39 is 0 Å². The summed E-state index contributed by atoms with van der Waals surface area (Å²) >= 11 is 0. The van der Waals surface area contributed by atoms with Gasteiger partial charge in [-0.05, 0) is 48.9 Å². The van der Waals surface area contributed by atoms with Gasteiger partial charge in [0.25, 0.3) is 0 Å². The van der Waals surface area contributed by atoms with E-state index >= 15 is 0 Å². The Morgan fingerprint density at radius 2 is 1.90 bits per heavy atom. The van der Waals surface area contributed by atoms with E-state index in [2.05, 4.69) is 0 Å². The van der Waals surface area contributed by atoms with Gasteiger partial charge in [-0.15, -0.1) is 0 Å². The highest BCUT2D eigenvalue weighted by molar-refractivity contribution is 5.94. The van der Waals surface area contributed by atoms with E-state index in [4.69, 9.17) is 4.74 Å². The van der Waals surface area contributed by atoms with Crippen LogP contribution < -0.4 is 9.64 Å². The lowest BCUT2D eigenvalue weighted by atomic mass is 10.1. The molecule has 0 spiro atoms. The molecule has 0 aliphatic carbocycles. The maximum absolute atomic E-state index is 13.0. The van der Waals surface area contributed by atoms with Crippen LogP contribution in [0.2, 0.25) is 0 Å². The maximum atomic E-state index is 13.0. The van der Waals surface area contributed by atoms with Crippen LogP contribution in [0.15, 0.2) is 48.5 Å². The van der Waals surface area contributed by atoms with Crippen molar-refractivity contribution in [2.45, 2.75) is 13.3 Å². The number of benzene rings is 2. The van der Waals surface area contributed by atoms with E-state index in [1.807, 2.05) is 31.2 Å². The Kier molecular flexibility index (Phi) is 4.93. The van der Waals surface area contributed by atoms with Crippen LogP contribution in [0.1, 0.15) is 12.5 Å². The monoisotopic (exact) mass is 287 g/mol. The van der Waals surface area contributed by atoms with E-state index in [9.17, 15) is 9.18 Å². The van der Waals surface area contributed by atoms with Crippen LogP contribution in [0.5, 0.6) is 5.75 Å². The molecule has 21 heavy (non-hydrogen) atoms. The van der Waals surface area contributed by atoms with Crippen molar-refractivity contribution >= 4 is 11.6 Å². The third kappa shape index (κ3) is 3.81.